The van der Waals surface area contributed by atoms with Crippen LogP contribution in [0.4, 0.5) is 18.9 Å². The second kappa shape index (κ2) is 10.0. The van der Waals surface area contributed by atoms with E-state index in [9.17, 15) is 18.0 Å². The molecule has 0 unspecified atom stereocenters. The number of anilines is 1. The highest BCUT2D eigenvalue weighted by Gasteiger charge is 2.35. The van der Waals surface area contributed by atoms with Gasteiger partial charge in [0.1, 0.15) is 10.6 Å². The molecule has 1 saturated carbocycles. The molecule has 0 spiro atoms. The van der Waals surface area contributed by atoms with E-state index in [0.717, 1.165) is 55.4 Å². The number of fused-ring (bicyclic) bond motifs is 1. The number of hydrogen-bond acceptors (Lipinski definition) is 6. The first kappa shape index (κ1) is 24.7. The van der Waals surface area contributed by atoms with Crippen LogP contribution in [0.25, 0.3) is 10.9 Å². The second-order valence-electron chi connectivity index (χ2n) is 8.57. The lowest BCUT2D eigenvalue weighted by atomic mass is 9.89. The molecule has 2 heterocycles. The number of rotatable bonds is 6. The van der Waals surface area contributed by atoms with Crippen LogP contribution >= 0.6 is 23.1 Å². The molecule has 1 N–H and O–H groups in total. The van der Waals surface area contributed by atoms with Crippen molar-refractivity contribution in [2.75, 3.05) is 11.9 Å². The van der Waals surface area contributed by atoms with E-state index in [2.05, 4.69) is 19.9 Å². The molecule has 34 heavy (non-hydrogen) atoms. The van der Waals surface area contributed by atoms with Gasteiger partial charge in [-0.2, -0.15) is 13.2 Å². The Morgan fingerprint density at radius 3 is 2.65 bits per heavy atom. The van der Waals surface area contributed by atoms with Crippen LogP contribution in [-0.2, 0) is 12.6 Å². The van der Waals surface area contributed by atoms with E-state index in [0.29, 0.717) is 27.4 Å². The van der Waals surface area contributed by atoms with Gasteiger partial charge >= 0.3 is 6.18 Å². The third-order valence-corrected chi connectivity index (χ3v) is 7.25. The fraction of sp³-hybridized carbons (Fsp3) is 0.478. The minimum Gasteiger partial charge on any atom is -0.371 e. The summed E-state index contributed by atoms with van der Waals surface area (Å²) in [6.07, 6.45) is -0.0357. The van der Waals surface area contributed by atoms with Crippen molar-refractivity contribution < 1.29 is 18.0 Å². The number of benzene rings is 1. The van der Waals surface area contributed by atoms with Gasteiger partial charge in [0.2, 0.25) is 0 Å². The lowest BCUT2D eigenvalue weighted by Gasteiger charge is -2.37. The van der Waals surface area contributed by atoms with Gasteiger partial charge < -0.3 is 10.2 Å². The number of carbonyl (C=O) groups is 1. The number of aryl methyl sites for hydroxylation is 1. The third-order valence-electron chi connectivity index (χ3n) is 6.25. The van der Waals surface area contributed by atoms with E-state index in [4.69, 9.17) is 11.6 Å². The number of carbonyl (C=O) groups excluding carboxylic acids is 1. The fourth-order valence-electron chi connectivity index (χ4n) is 4.45. The Labute approximate surface area is 204 Å². The molecule has 0 radical (unpaired) electrons. The van der Waals surface area contributed by atoms with Crippen LogP contribution < -0.4 is 10.2 Å². The van der Waals surface area contributed by atoms with Crippen LogP contribution in [-0.4, -0.2) is 39.6 Å². The van der Waals surface area contributed by atoms with E-state index < -0.39 is 11.9 Å². The first-order chi connectivity index (χ1) is 16.2. The minimum absolute atomic E-state index is 0.00286. The number of amides is 1. The zero-order valence-electron chi connectivity index (χ0n) is 18.8. The molecule has 1 aromatic carbocycles. The van der Waals surface area contributed by atoms with Crippen LogP contribution in [0.2, 0.25) is 5.02 Å². The summed E-state index contributed by atoms with van der Waals surface area (Å²) in [6.45, 7) is 2.02. The van der Waals surface area contributed by atoms with Crippen molar-refractivity contribution in [2.45, 2.75) is 63.7 Å². The molecule has 1 amide bonds. The number of nitrogens with zero attached hydrogens (tertiary/aromatic N) is 4. The second-order valence-corrected chi connectivity index (χ2v) is 9.76. The first-order valence-electron chi connectivity index (χ1n) is 11.2. The Morgan fingerprint density at radius 1 is 1.24 bits per heavy atom. The zero-order valence-corrected chi connectivity index (χ0v) is 20.4. The Balaban J connectivity index is 1.48. The zero-order chi connectivity index (χ0) is 24.5. The number of halogens is 4. The first-order valence-corrected chi connectivity index (χ1v) is 12.3. The van der Waals surface area contributed by atoms with Crippen molar-refractivity contribution in [1.82, 2.24) is 19.9 Å². The van der Waals surface area contributed by atoms with Gasteiger partial charge in [0, 0.05) is 35.2 Å². The Morgan fingerprint density at radius 2 is 1.97 bits per heavy atom. The summed E-state index contributed by atoms with van der Waals surface area (Å²) in [5, 5.41) is 8.16. The molecule has 0 bridgehead atoms. The minimum atomic E-state index is -4.55. The van der Waals surface area contributed by atoms with E-state index >= 15 is 0 Å². The van der Waals surface area contributed by atoms with Crippen molar-refractivity contribution in [3.63, 3.8) is 0 Å². The van der Waals surface area contributed by atoms with Gasteiger partial charge in [0.15, 0.2) is 0 Å². The predicted molar refractivity (Wildman–Crippen MR) is 128 cm³/mol. The molecule has 0 atom stereocenters. The Bertz CT molecular complexity index is 1180. The maximum atomic E-state index is 13.5. The number of nitrogens with one attached hydrogen (secondary N) is 1. The summed E-state index contributed by atoms with van der Waals surface area (Å²) in [6, 6.07) is 5.83. The van der Waals surface area contributed by atoms with Crippen molar-refractivity contribution in [3.05, 3.63) is 45.6 Å². The Hall–Kier alpha value is -2.46. The number of hydrogen-bond donors (Lipinski definition) is 1. The van der Waals surface area contributed by atoms with Gasteiger partial charge in [-0.05, 0) is 67.9 Å². The third kappa shape index (κ3) is 5.27. The van der Waals surface area contributed by atoms with Gasteiger partial charge in [0.25, 0.3) is 5.91 Å². The van der Waals surface area contributed by atoms with Gasteiger partial charge in [-0.3, -0.25) is 4.79 Å². The molecule has 182 valence electrons. The maximum absolute atomic E-state index is 13.5. The number of aromatic nitrogens is 3. The van der Waals surface area contributed by atoms with Crippen molar-refractivity contribution in [2.24, 2.45) is 0 Å². The SMILES string of the molecule is CCCc1nnsc1C(=O)N[C@H]1CC[C@@H](N(C)c2cc(C(F)(F)F)nc3ccc(Cl)cc23)CC1. The monoisotopic (exact) mass is 511 g/mol. The highest BCUT2D eigenvalue weighted by molar-refractivity contribution is 7.08. The Kier molecular flexibility index (Phi) is 7.28. The van der Waals surface area contributed by atoms with Crippen LogP contribution in [0, 0.1) is 0 Å². The van der Waals surface area contributed by atoms with Gasteiger partial charge in [-0.1, -0.05) is 29.4 Å². The van der Waals surface area contributed by atoms with Crippen molar-refractivity contribution >= 4 is 45.6 Å². The standard InChI is InChI=1S/C23H25ClF3N5OS/c1-3-4-18-21(34-31-30-18)22(33)28-14-6-8-15(9-7-14)32(2)19-12-20(23(25,26)27)29-17-10-5-13(24)11-16(17)19/h5,10-12,14-15H,3-4,6-9H2,1-2H3,(H,28,33)/t14-,15+. The highest BCUT2D eigenvalue weighted by atomic mass is 35.5. The van der Waals surface area contributed by atoms with E-state index in [1.165, 1.54) is 6.07 Å². The van der Waals surface area contributed by atoms with Crippen LogP contribution in [0.1, 0.15) is 60.1 Å². The number of alkyl halides is 3. The van der Waals surface area contributed by atoms with Crippen LogP contribution in [0.3, 0.4) is 0 Å². The summed E-state index contributed by atoms with van der Waals surface area (Å²) in [5.41, 5.74) is 0.503. The van der Waals surface area contributed by atoms with Gasteiger partial charge in [-0.25, -0.2) is 4.98 Å². The maximum Gasteiger partial charge on any atom is 0.433 e. The molecule has 0 aliphatic heterocycles. The summed E-state index contributed by atoms with van der Waals surface area (Å²) in [7, 11) is 1.80. The van der Waals surface area contributed by atoms with Crippen LogP contribution in [0.5, 0.6) is 0 Å². The molecular weight excluding hydrogens is 487 g/mol. The molecule has 2 aromatic heterocycles. The number of pyridine rings is 1. The summed E-state index contributed by atoms with van der Waals surface area (Å²) in [5.74, 6) is -0.153. The lowest BCUT2D eigenvalue weighted by molar-refractivity contribution is -0.140. The lowest BCUT2D eigenvalue weighted by Crippen LogP contribution is -2.43. The summed E-state index contributed by atoms with van der Waals surface area (Å²) >= 11 is 7.24. The highest BCUT2D eigenvalue weighted by Crippen LogP contribution is 2.37. The fourth-order valence-corrected chi connectivity index (χ4v) is 5.24. The van der Waals surface area contributed by atoms with Crippen LogP contribution in [0.15, 0.2) is 24.3 Å². The van der Waals surface area contributed by atoms with Gasteiger partial charge in [-0.15, -0.1) is 5.10 Å². The molecule has 3 aromatic rings. The van der Waals surface area contributed by atoms with Crippen molar-refractivity contribution in [1.29, 1.82) is 0 Å². The molecule has 1 aliphatic rings. The predicted octanol–water partition coefficient (Wildman–Crippen LogP) is 5.89. The van der Waals surface area contributed by atoms with E-state index in [-0.39, 0.29) is 23.5 Å². The average molecular weight is 512 g/mol. The molecule has 1 fully saturated rings. The molecule has 4 rings (SSSR count). The topological polar surface area (TPSA) is 71.0 Å². The molecule has 1 aliphatic carbocycles. The molecule has 6 nitrogen and oxygen atoms in total. The molecule has 0 saturated heterocycles. The van der Waals surface area contributed by atoms with Crippen molar-refractivity contribution in [3.8, 4) is 0 Å². The summed E-state index contributed by atoms with van der Waals surface area (Å²) < 4.78 is 44.4. The molecule has 11 heteroatoms. The normalized spacial score (nSPS) is 18.8. The molecular formula is C23H25ClF3N5OS. The average Bonchev–Trinajstić information content (AvgIpc) is 3.26. The van der Waals surface area contributed by atoms with E-state index in [1.807, 2.05) is 11.8 Å². The smallest absolute Gasteiger partial charge is 0.371 e. The van der Waals surface area contributed by atoms with E-state index in [1.54, 1.807) is 19.2 Å². The largest absolute Gasteiger partial charge is 0.433 e. The summed E-state index contributed by atoms with van der Waals surface area (Å²) in [4.78, 5) is 18.9. The van der Waals surface area contributed by atoms with Gasteiger partial charge in [0.05, 0.1) is 11.2 Å². The quantitative estimate of drug-likeness (QED) is 0.447.